The molecule has 1 N–H and O–H groups in total. The first-order chi connectivity index (χ1) is 12.7. The van der Waals surface area contributed by atoms with Gasteiger partial charge in [-0.2, -0.15) is 0 Å². The van der Waals surface area contributed by atoms with Crippen molar-refractivity contribution in [2.45, 2.75) is 51.7 Å². The van der Waals surface area contributed by atoms with Crippen LogP contribution in [0.2, 0.25) is 0 Å². The molecule has 7 heteroatoms. The van der Waals surface area contributed by atoms with Gasteiger partial charge in [0.15, 0.2) is 5.96 Å². The normalized spacial score (nSPS) is 26.4. The molecule has 3 fully saturated rings. The molecule has 0 aromatic rings. The van der Waals surface area contributed by atoms with E-state index < -0.39 is 0 Å². The fourth-order valence-electron chi connectivity index (χ4n) is 4.08. The minimum atomic E-state index is -0.0124. The summed E-state index contributed by atoms with van der Waals surface area (Å²) in [5.74, 6) is 1.29. The van der Waals surface area contributed by atoms with Gasteiger partial charge in [-0.1, -0.05) is 0 Å². The van der Waals surface area contributed by atoms with Crippen molar-refractivity contribution >= 4 is 11.9 Å². The van der Waals surface area contributed by atoms with Crippen molar-refractivity contribution in [1.29, 1.82) is 0 Å². The Labute approximate surface area is 157 Å². The van der Waals surface area contributed by atoms with E-state index in [0.717, 1.165) is 90.6 Å². The summed E-state index contributed by atoms with van der Waals surface area (Å²) in [5, 5.41) is 3.41. The number of carbonyl (C=O) groups is 1. The van der Waals surface area contributed by atoms with Crippen molar-refractivity contribution in [3.63, 3.8) is 0 Å². The number of nitrogens with zero attached hydrogens (tertiary/aromatic N) is 4. The zero-order chi connectivity index (χ0) is 18.4. The van der Waals surface area contributed by atoms with Gasteiger partial charge in [-0.15, -0.1) is 0 Å². The van der Waals surface area contributed by atoms with Crippen LogP contribution in [0.4, 0.5) is 0 Å². The van der Waals surface area contributed by atoms with Gasteiger partial charge in [-0.05, 0) is 39.5 Å². The highest BCUT2D eigenvalue weighted by Gasteiger charge is 2.30. The molecular weight excluding hydrogens is 330 g/mol. The quantitative estimate of drug-likeness (QED) is 0.576. The number of aliphatic imine (C=N–C) groups is 1. The highest BCUT2D eigenvalue weighted by molar-refractivity contribution is 5.82. The Balaban J connectivity index is 1.50. The molecule has 0 bridgehead atoms. The molecule has 3 heterocycles. The second kappa shape index (κ2) is 9.55. The zero-order valence-electron chi connectivity index (χ0n) is 16.5. The van der Waals surface area contributed by atoms with Crippen LogP contribution in [0.5, 0.6) is 0 Å². The van der Waals surface area contributed by atoms with E-state index >= 15 is 0 Å². The molecule has 3 rings (SSSR count). The summed E-state index contributed by atoms with van der Waals surface area (Å²) in [6.07, 6.45) is 4.85. The highest BCUT2D eigenvalue weighted by atomic mass is 16.5. The van der Waals surface area contributed by atoms with E-state index in [4.69, 9.17) is 9.73 Å². The standard InChI is InChI=1S/C19H35N5O2/c1-3-20-19(21-15-17-7-6-14-26-17)24-12-10-22(11-13-24)16(2)18(25)23-8-4-5-9-23/h16-17H,3-15H2,1-2H3,(H,20,21). The first-order valence-electron chi connectivity index (χ1n) is 10.4. The number of piperazine rings is 1. The van der Waals surface area contributed by atoms with Gasteiger partial charge in [0.2, 0.25) is 5.91 Å². The van der Waals surface area contributed by atoms with Gasteiger partial charge in [0, 0.05) is 52.4 Å². The van der Waals surface area contributed by atoms with Gasteiger partial charge < -0.3 is 19.9 Å². The van der Waals surface area contributed by atoms with Crippen molar-refractivity contribution in [3.8, 4) is 0 Å². The second-order valence-electron chi connectivity index (χ2n) is 7.56. The lowest BCUT2D eigenvalue weighted by molar-refractivity contribution is -0.135. The van der Waals surface area contributed by atoms with Crippen LogP contribution in [0.25, 0.3) is 0 Å². The van der Waals surface area contributed by atoms with Gasteiger partial charge in [-0.3, -0.25) is 14.7 Å². The van der Waals surface area contributed by atoms with E-state index in [1.807, 2.05) is 4.90 Å². The highest BCUT2D eigenvalue weighted by Crippen LogP contribution is 2.15. The summed E-state index contributed by atoms with van der Waals surface area (Å²) in [5.41, 5.74) is 0. The average Bonchev–Trinajstić information content (AvgIpc) is 3.38. The summed E-state index contributed by atoms with van der Waals surface area (Å²) in [7, 11) is 0. The SMILES string of the molecule is CCNC(=NCC1CCCO1)N1CCN(C(C)C(=O)N2CCCC2)CC1. The Kier molecular flexibility index (Phi) is 7.14. The van der Waals surface area contributed by atoms with E-state index in [2.05, 4.69) is 29.0 Å². The Morgan fingerprint density at radius 2 is 1.85 bits per heavy atom. The van der Waals surface area contributed by atoms with Crippen LogP contribution in [0.3, 0.4) is 0 Å². The van der Waals surface area contributed by atoms with Gasteiger partial charge in [0.05, 0.1) is 18.7 Å². The van der Waals surface area contributed by atoms with Crippen LogP contribution >= 0.6 is 0 Å². The van der Waals surface area contributed by atoms with Crippen LogP contribution < -0.4 is 5.32 Å². The molecule has 2 unspecified atom stereocenters. The van der Waals surface area contributed by atoms with Gasteiger partial charge in [0.1, 0.15) is 0 Å². The van der Waals surface area contributed by atoms with Crippen LogP contribution in [0.1, 0.15) is 39.5 Å². The number of hydrogen-bond donors (Lipinski definition) is 1. The minimum Gasteiger partial charge on any atom is -0.376 e. The number of likely N-dealkylation sites (tertiary alicyclic amines) is 1. The number of ether oxygens (including phenoxy) is 1. The lowest BCUT2D eigenvalue weighted by atomic mass is 10.2. The Hall–Kier alpha value is -1.34. The first-order valence-corrected chi connectivity index (χ1v) is 10.4. The van der Waals surface area contributed by atoms with Crippen molar-refractivity contribution < 1.29 is 9.53 Å². The molecule has 3 saturated heterocycles. The molecule has 0 spiro atoms. The fourth-order valence-corrected chi connectivity index (χ4v) is 4.08. The summed E-state index contributed by atoms with van der Waals surface area (Å²) in [4.78, 5) is 24.1. The summed E-state index contributed by atoms with van der Waals surface area (Å²) in [6, 6.07) is -0.0124. The lowest BCUT2D eigenvalue weighted by Gasteiger charge is -2.39. The van der Waals surface area contributed by atoms with Crippen LogP contribution in [-0.4, -0.2) is 97.7 Å². The van der Waals surface area contributed by atoms with Gasteiger partial charge in [0.25, 0.3) is 0 Å². The van der Waals surface area contributed by atoms with Gasteiger partial charge >= 0.3 is 0 Å². The van der Waals surface area contributed by atoms with Crippen molar-refractivity contribution in [2.24, 2.45) is 4.99 Å². The molecule has 0 radical (unpaired) electrons. The van der Waals surface area contributed by atoms with E-state index in [-0.39, 0.29) is 12.1 Å². The van der Waals surface area contributed by atoms with E-state index in [1.54, 1.807) is 0 Å². The van der Waals surface area contributed by atoms with Gasteiger partial charge in [-0.25, -0.2) is 0 Å². The number of amides is 1. The third-order valence-corrected chi connectivity index (χ3v) is 5.74. The van der Waals surface area contributed by atoms with Crippen molar-refractivity contribution in [1.82, 2.24) is 20.0 Å². The smallest absolute Gasteiger partial charge is 0.239 e. The first kappa shape index (κ1) is 19.4. The molecule has 0 saturated carbocycles. The molecule has 0 aromatic carbocycles. The molecule has 7 nitrogen and oxygen atoms in total. The third-order valence-electron chi connectivity index (χ3n) is 5.74. The number of hydrogen-bond acceptors (Lipinski definition) is 4. The summed E-state index contributed by atoms with van der Waals surface area (Å²) in [6.45, 7) is 12.2. The fraction of sp³-hybridized carbons (Fsp3) is 0.895. The number of guanidine groups is 1. The Bertz CT molecular complexity index is 478. The van der Waals surface area contributed by atoms with Crippen molar-refractivity contribution in [2.75, 3.05) is 59.0 Å². The molecule has 1 amide bonds. The number of nitrogens with one attached hydrogen (secondary N) is 1. The number of carbonyl (C=O) groups excluding carboxylic acids is 1. The summed E-state index contributed by atoms with van der Waals surface area (Å²) < 4.78 is 5.69. The van der Waals surface area contributed by atoms with Crippen LogP contribution in [-0.2, 0) is 9.53 Å². The molecule has 0 aromatic heterocycles. The minimum absolute atomic E-state index is 0.0124. The lowest BCUT2D eigenvalue weighted by Crippen LogP contribution is -2.57. The zero-order valence-corrected chi connectivity index (χ0v) is 16.5. The molecule has 0 aliphatic carbocycles. The van der Waals surface area contributed by atoms with Crippen LogP contribution in [0, 0.1) is 0 Å². The topological polar surface area (TPSA) is 60.4 Å². The Morgan fingerprint density at radius 1 is 1.12 bits per heavy atom. The van der Waals surface area contributed by atoms with E-state index in [9.17, 15) is 4.79 Å². The summed E-state index contributed by atoms with van der Waals surface area (Å²) >= 11 is 0. The largest absolute Gasteiger partial charge is 0.376 e. The predicted molar refractivity (Wildman–Crippen MR) is 103 cm³/mol. The maximum Gasteiger partial charge on any atom is 0.239 e. The molecule has 3 aliphatic heterocycles. The molecule has 3 aliphatic rings. The van der Waals surface area contributed by atoms with E-state index in [0.29, 0.717) is 5.91 Å². The molecule has 26 heavy (non-hydrogen) atoms. The molecule has 148 valence electrons. The van der Waals surface area contributed by atoms with E-state index in [1.165, 1.54) is 0 Å². The maximum atomic E-state index is 12.6. The van der Waals surface area contributed by atoms with Crippen molar-refractivity contribution in [3.05, 3.63) is 0 Å². The monoisotopic (exact) mass is 365 g/mol. The third kappa shape index (κ3) is 4.88. The average molecular weight is 366 g/mol. The van der Waals surface area contributed by atoms with Crippen LogP contribution in [0.15, 0.2) is 4.99 Å². The maximum absolute atomic E-state index is 12.6. The molecular formula is C19H35N5O2. The predicted octanol–water partition coefficient (Wildman–Crippen LogP) is 0.759. The molecule has 2 atom stereocenters. The number of rotatable bonds is 5. The Morgan fingerprint density at radius 3 is 2.46 bits per heavy atom. The second-order valence-corrected chi connectivity index (χ2v) is 7.56.